The van der Waals surface area contributed by atoms with Crippen molar-refractivity contribution < 1.29 is 9.67 Å². The largest absolute Gasteiger partial charge is 0.508 e. The number of benzene rings is 1. The highest BCUT2D eigenvalue weighted by molar-refractivity contribution is 5.76. The summed E-state index contributed by atoms with van der Waals surface area (Å²) >= 11 is 0. The van der Waals surface area contributed by atoms with E-state index >= 15 is 0 Å². The van der Waals surface area contributed by atoms with Crippen molar-refractivity contribution in [3.05, 3.63) is 43.6 Å². The lowest BCUT2D eigenvalue weighted by atomic mass is 10.2. The highest BCUT2D eigenvalue weighted by atomic mass is 16.3. The second-order valence-electron chi connectivity index (χ2n) is 2.72. The van der Waals surface area contributed by atoms with E-state index in [2.05, 4.69) is 7.05 Å². The van der Waals surface area contributed by atoms with Crippen molar-refractivity contribution in [2.45, 2.75) is 0 Å². The summed E-state index contributed by atoms with van der Waals surface area (Å²) in [6.45, 7) is 0. The first-order valence-corrected chi connectivity index (χ1v) is 3.72. The number of nitrogens with zero attached hydrogens (tertiary/aromatic N) is 1. The van der Waals surface area contributed by atoms with Crippen LogP contribution in [-0.2, 0) is 0 Å². The Morgan fingerprint density at radius 3 is 2.92 bits per heavy atom. The third kappa shape index (κ3) is 1.01. The average Bonchev–Trinajstić information content (AvgIpc) is 2.07. The van der Waals surface area contributed by atoms with Crippen LogP contribution in [0.3, 0.4) is 0 Å². The van der Waals surface area contributed by atoms with Gasteiger partial charge in [-0.3, -0.25) is 0 Å². The molecule has 0 amide bonds. The van der Waals surface area contributed by atoms with Crippen LogP contribution in [0, 0.1) is 7.05 Å². The Kier molecular flexibility index (Phi) is 1.47. The maximum atomic E-state index is 9.21. The SMILES string of the molecule is [CH2][n+]1cccc2ccc(O)cc21. The standard InChI is InChI=1S/C10H9NO/c1-11-6-2-3-8-4-5-9(12)7-10(8)11/h2-7,12H,1H2/q+1. The summed E-state index contributed by atoms with van der Waals surface area (Å²) in [7, 11) is 3.80. The van der Waals surface area contributed by atoms with Gasteiger partial charge in [-0.05, 0) is 18.2 Å². The van der Waals surface area contributed by atoms with Crippen molar-refractivity contribution in [2.24, 2.45) is 0 Å². The third-order valence-corrected chi connectivity index (χ3v) is 1.87. The van der Waals surface area contributed by atoms with Gasteiger partial charge < -0.3 is 5.11 Å². The Bertz CT molecular complexity index is 423. The molecule has 1 N–H and O–H groups in total. The molecule has 0 fully saturated rings. The molecule has 0 unspecified atom stereocenters. The van der Waals surface area contributed by atoms with Crippen LogP contribution < -0.4 is 4.57 Å². The van der Waals surface area contributed by atoms with Crippen molar-refractivity contribution >= 4 is 10.9 Å². The number of aromatic nitrogens is 1. The van der Waals surface area contributed by atoms with E-state index < -0.39 is 0 Å². The Labute approximate surface area is 70.7 Å². The molecule has 2 aromatic rings. The van der Waals surface area contributed by atoms with Gasteiger partial charge in [-0.2, -0.15) is 4.57 Å². The Morgan fingerprint density at radius 2 is 2.08 bits per heavy atom. The molecule has 1 aromatic carbocycles. The average molecular weight is 159 g/mol. The number of fused-ring (bicyclic) bond motifs is 1. The molecule has 0 bridgehead atoms. The van der Waals surface area contributed by atoms with Crippen LogP contribution in [0.15, 0.2) is 36.5 Å². The number of pyridine rings is 1. The predicted molar refractivity (Wildman–Crippen MR) is 46.6 cm³/mol. The number of phenols is 1. The van der Waals surface area contributed by atoms with Crippen LogP contribution in [-0.4, -0.2) is 5.11 Å². The van der Waals surface area contributed by atoms with Gasteiger partial charge in [0.25, 0.3) is 0 Å². The monoisotopic (exact) mass is 159 g/mol. The zero-order valence-electron chi connectivity index (χ0n) is 6.57. The molecule has 0 aliphatic rings. The van der Waals surface area contributed by atoms with Gasteiger partial charge in [-0.1, -0.05) is 0 Å². The molecule has 12 heavy (non-hydrogen) atoms. The summed E-state index contributed by atoms with van der Waals surface area (Å²) in [4.78, 5) is 0. The van der Waals surface area contributed by atoms with E-state index in [9.17, 15) is 5.11 Å². The van der Waals surface area contributed by atoms with Crippen molar-refractivity contribution in [2.75, 3.05) is 0 Å². The molecule has 0 aliphatic heterocycles. The summed E-state index contributed by atoms with van der Waals surface area (Å²) in [5, 5.41) is 10.3. The maximum absolute atomic E-state index is 9.21. The molecule has 2 heteroatoms. The zero-order valence-corrected chi connectivity index (χ0v) is 6.57. The Morgan fingerprint density at radius 1 is 1.25 bits per heavy atom. The number of hydrogen-bond acceptors (Lipinski definition) is 1. The minimum atomic E-state index is 0.270. The van der Waals surface area contributed by atoms with Gasteiger partial charge in [0.05, 0.1) is 6.07 Å². The quantitative estimate of drug-likeness (QED) is 0.578. The van der Waals surface area contributed by atoms with E-state index in [-0.39, 0.29) is 5.75 Å². The molecule has 2 nitrogen and oxygen atoms in total. The van der Waals surface area contributed by atoms with Gasteiger partial charge in [0, 0.05) is 11.5 Å². The number of aromatic hydroxyl groups is 1. The fourth-order valence-corrected chi connectivity index (χ4v) is 1.25. The molecule has 0 atom stereocenters. The van der Waals surface area contributed by atoms with Crippen LogP contribution in [0.1, 0.15) is 0 Å². The lowest BCUT2D eigenvalue weighted by molar-refractivity contribution is -0.584. The van der Waals surface area contributed by atoms with Crippen molar-refractivity contribution in [1.82, 2.24) is 0 Å². The van der Waals surface area contributed by atoms with Crippen molar-refractivity contribution in [3.8, 4) is 5.75 Å². The number of hydrogen-bond donors (Lipinski definition) is 1. The first-order chi connectivity index (χ1) is 5.77. The zero-order chi connectivity index (χ0) is 8.55. The van der Waals surface area contributed by atoms with Crippen molar-refractivity contribution in [1.29, 1.82) is 0 Å². The van der Waals surface area contributed by atoms with Crippen molar-refractivity contribution in [3.63, 3.8) is 0 Å². The normalized spacial score (nSPS) is 10.4. The first-order valence-electron chi connectivity index (χ1n) is 3.72. The number of rotatable bonds is 0. The molecule has 0 aliphatic carbocycles. The molecule has 1 aromatic heterocycles. The fraction of sp³-hybridized carbons (Fsp3) is 0. The summed E-state index contributed by atoms with van der Waals surface area (Å²) in [5.41, 5.74) is 0.928. The van der Waals surface area contributed by atoms with Gasteiger partial charge in [0.15, 0.2) is 6.20 Å². The smallest absolute Gasteiger partial charge is 0.216 e. The Balaban J connectivity index is 2.88. The summed E-state index contributed by atoms with van der Waals surface area (Å²) in [5.74, 6) is 0.270. The van der Waals surface area contributed by atoms with Crippen LogP contribution in [0.2, 0.25) is 0 Å². The first kappa shape index (κ1) is 7.10. The van der Waals surface area contributed by atoms with E-state index in [1.54, 1.807) is 16.7 Å². The van der Waals surface area contributed by atoms with Crippen LogP contribution in [0.5, 0.6) is 5.75 Å². The predicted octanol–water partition coefficient (Wildman–Crippen LogP) is 1.47. The van der Waals surface area contributed by atoms with E-state index in [4.69, 9.17) is 0 Å². The molecule has 0 saturated carbocycles. The fourth-order valence-electron chi connectivity index (χ4n) is 1.25. The van der Waals surface area contributed by atoms with Gasteiger partial charge >= 0.3 is 0 Å². The number of phenolic OH excluding ortho intramolecular Hbond substituents is 1. The van der Waals surface area contributed by atoms with Crippen LogP contribution >= 0.6 is 0 Å². The molecule has 59 valence electrons. The second kappa shape index (κ2) is 2.48. The van der Waals surface area contributed by atoms with E-state index in [0.717, 1.165) is 10.9 Å². The molecular formula is C10H9NO+. The van der Waals surface area contributed by atoms with Gasteiger partial charge in [0.2, 0.25) is 12.6 Å². The van der Waals surface area contributed by atoms with Gasteiger partial charge in [0.1, 0.15) is 5.75 Å². The molecule has 1 radical (unpaired) electrons. The lowest BCUT2D eigenvalue weighted by Crippen LogP contribution is -2.24. The summed E-state index contributed by atoms with van der Waals surface area (Å²) in [6, 6.07) is 9.14. The Hall–Kier alpha value is -1.57. The molecule has 0 spiro atoms. The minimum Gasteiger partial charge on any atom is -0.508 e. The second-order valence-corrected chi connectivity index (χ2v) is 2.72. The highest BCUT2D eigenvalue weighted by Gasteiger charge is 2.03. The van der Waals surface area contributed by atoms with E-state index in [0.29, 0.717) is 0 Å². The molecule has 1 heterocycles. The summed E-state index contributed by atoms with van der Waals surface area (Å²) in [6.07, 6.45) is 1.85. The van der Waals surface area contributed by atoms with E-state index in [1.807, 2.05) is 24.4 Å². The van der Waals surface area contributed by atoms with Gasteiger partial charge in [-0.25, -0.2) is 0 Å². The lowest BCUT2D eigenvalue weighted by Gasteiger charge is -1.95. The molecule has 0 saturated heterocycles. The molecule has 2 rings (SSSR count). The van der Waals surface area contributed by atoms with Gasteiger partial charge in [-0.15, -0.1) is 0 Å². The van der Waals surface area contributed by atoms with Crippen LogP contribution in [0.25, 0.3) is 10.9 Å². The highest BCUT2D eigenvalue weighted by Crippen LogP contribution is 2.15. The van der Waals surface area contributed by atoms with E-state index in [1.165, 1.54) is 0 Å². The maximum Gasteiger partial charge on any atom is 0.216 e. The third-order valence-electron chi connectivity index (χ3n) is 1.87. The topological polar surface area (TPSA) is 24.1 Å². The molecular weight excluding hydrogens is 150 g/mol. The summed E-state index contributed by atoms with van der Waals surface area (Å²) < 4.78 is 1.73. The minimum absolute atomic E-state index is 0.270. The van der Waals surface area contributed by atoms with Crippen LogP contribution in [0.4, 0.5) is 0 Å².